The Morgan fingerprint density at radius 1 is 1.14 bits per heavy atom. The molecule has 5 heteroatoms. The second-order valence-corrected chi connectivity index (χ2v) is 4.36. The highest BCUT2D eigenvalue weighted by Gasteiger charge is 2.11. The number of ether oxygens (including phenoxy) is 1. The number of halogens is 2. The molecule has 0 amide bonds. The zero-order valence-electron chi connectivity index (χ0n) is 11.1. The molecule has 2 aromatic carbocycles. The van der Waals surface area contributed by atoms with Crippen LogP contribution in [0, 0.1) is 18.6 Å². The standard InChI is InChI=1S/C16H12F2O3/c1-10-5-7-13(18)15(9-10)21-14-4-2-3-12(17)11(14)6-8-16(19)20/h2-9H,1H3,(H,19,20)/b8-6+. The molecular weight excluding hydrogens is 278 g/mol. The van der Waals surface area contributed by atoms with E-state index in [0.29, 0.717) is 0 Å². The van der Waals surface area contributed by atoms with Crippen LogP contribution < -0.4 is 4.74 Å². The number of hydrogen-bond acceptors (Lipinski definition) is 2. The van der Waals surface area contributed by atoms with E-state index in [9.17, 15) is 13.6 Å². The van der Waals surface area contributed by atoms with Gasteiger partial charge in [-0.3, -0.25) is 0 Å². The third-order valence-corrected chi connectivity index (χ3v) is 2.71. The highest BCUT2D eigenvalue weighted by atomic mass is 19.1. The quantitative estimate of drug-likeness (QED) is 0.860. The topological polar surface area (TPSA) is 46.5 Å². The molecule has 0 saturated heterocycles. The van der Waals surface area contributed by atoms with E-state index in [0.717, 1.165) is 17.7 Å². The lowest BCUT2D eigenvalue weighted by Crippen LogP contribution is -1.94. The number of aliphatic carboxylic acids is 1. The number of rotatable bonds is 4. The summed E-state index contributed by atoms with van der Waals surface area (Å²) < 4.78 is 32.8. The summed E-state index contributed by atoms with van der Waals surface area (Å²) in [6.45, 7) is 1.77. The van der Waals surface area contributed by atoms with Crippen molar-refractivity contribution < 1.29 is 23.4 Å². The molecule has 0 atom stereocenters. The maximum atomic E-state index is 13.8. The predicted molar refractivity (Wildman–Crippen MR) is 74.3 cm³/mol. The minimum atomic E-state index is -1.22. The molecule has 2 aromatic rings. The number of carboxylic acid groups (broad SMARTS) is 1. The molecule has 0 heterocycles. The Bertz CT molecular complexity index is 709. The van der Waals surface area contributed by atoms with Gasteiger partial charge in [0.15, 0.2) is 11.6 Å². The lowest BCUT2D eigenvalue weighted by molar-refractivity contribution is -0.131. The molecule has 108 valence electrons. The van der Waals surface area contributed by atoms with E-state index in [1.807, 2.05) is 0 Å². The van der Waals surface area contributed by atoms with E-state index < -0.39 is 17.6 Å². The second-order valence-electron chi connectivity index (χ2n) is 4.36. The Labute approximate surface area is 120 Å². The summed E-state index contributed by atoms with van der Waals surface area (Å²) in [4.78, 5) is 10.5. The van der Waals surface area contributed by atoms with Crippen LogP contribution in [0.5, 0.6) is 11.5 Å². The molecule has 0 aliphatic heterocycles. The maximum Gasteiger partial charge on any atom is 0.328 e. The third-order valence-electron chi connectivity index (χ3n) is 2.71. The molecule has 0 saturated carbocycles. The lowest BCUT2D eigenvalue weighted by atomic mass is 10.1. The highest BCUT2D eigenvalue weighted by molar-refractivity contribution is 5.86. The van der Waals surface area contributed by atoms with Gasteiger partial charge in [-0.05, 0) is 42.8 Å². The molecule has 3 nitrogen and oxygen atoms in total. The molecule has 0 aliphatic rings. The molecule has 1 N–H and O–H groups in total. The van der Waals surface area contributed by atoms with E-state index in [2.05, 4.69) is 0 Å². The van der Waals surface area contributed by atoms with E-state index in [1.165, 1.54) is 30.3 Å². The fourth-order valence-electron chi connectivity index (χ4n) is 1.73. The molecule has 0 aliphatic carbocycles. The number of aryl methyl sites for hydroxylation is 1. The van der Waals surface area contributed by atoms with Gasteiger partial charge >= 0.3 is 5.97 Å². The van der Waals surface area contributed by atoms with Gasteiger partial charge in [0.2, 0.25) is 0 Å². The monoisotopic (exact) mass is 290 g/mol. The second kappa shape index (κ2) is 6.17. The molecule has 0 aromatic heterocycles. The van der Waals surface area contributed by atoms with Crippen LogP contribution in [0.1, 0.15) is 11.1 Å². The van der Waals surface area contributed by atoms with E-state index in [1.54, 1.807) is 13.0 Å². The summed E-state index contributed by atoms with van der Waals surface area (Å²) in [6.07, 6.45) is 1.86. The van der Waals surface area contributed by atoms with Crippen molar-refractivity contribution in [2.45, 2.75) is 6.92 Å². The average molecular weight is 290 g/mol. The van der Waals surface area contributed by atoms with Gasteiger partial charge in [-0.15, -0.1) is 0 Å². The smallest absolute Gasteiger partial charge is 0.328 e. The van der Waals surface area contributed by atoms with Crippen molar-refractivity contribution in [2.24, 2.45) is 0 Å². The molecule has 0 radical (unpaired) electrons. The minimum Gasteiger partial charge on any atom is -0.478 e. The molecular formula is C16H12F2O3. The van der Waals surface area contributed by atoms with Crippen molar-refractivity contribution in [1.82, 2.24) is 0 Å². The molecule has 0 bridgehead atoms. The minimum absolute atomic E-state index is 0.0389. The Morgan fingerprint density at radius 2 is 1.90 bits per heavy atom. The average Bonchev–Trinajstić information content (AvgIpc) is 2.42. The number of benzene rings is 2. The largest absolute Gasteiger partial charge is 0.478 e. The summed E-state index contributed by atoms with van der Waals surface area (Å²) in [5, 5.41) is 8.62. The Morgan fingerprint density at radius 3 is 2.62 bits per heavy atom. The van der Waals surface area contributed by atoms with Crippen LogP contribution in [-0.4, -0.2) is 11.1 Å². The van der Waals surface area contributed by atoms with Crippen molar-refractivity contribution in [3.05, 3.63) is 65.2 Å². The fraction of sp³-hybridized carbons (Fsp3) is 0.0625. The molecule has 0 fully saturated rings. The van der Waals surface area contributed by atoms with Crippen molar-refractivity contribution in [2.75, 3.05) is 0 Å². The van der Waals surface area contributed by atoms with E-state index >= 15 is 0 Å². The van der Waals surface area contributed by atoms with Gasteiger partial charge < -0.3 is 9.84 Å². The van der Waals surface area contributed by atoms with Crippen LogP contribution in [0.2, 0.25) is 0 Å². The molecule has 21 heavy (non-hydrogen) atoms. The summed E-state index contributed by atoms with van der Waals surface area (Å²) in [5.74, 6) is -2.47. The van der Waals surface area contributed by atoms with Gasteiger partial charge in [-0.25, -0.2) is 13.6 Å². The van der Waals surface area contributed by atoms with Crippen molar-refractivity contribution in [1.29, 1.82) is 0 Å². The van der Waals surface area contributed by atoms with Crippen LogP contribution in [-0.2, 0) is 4.79 Å². The first-order valence-corrected chi connectivity index (χ1v) is 6.11. The number of carbonyl (C=O) groups is 1. The van der Waals surface area contributed by atoms with Gasteiger partial charge in [0.25, 0.3) is 0 Å². The normalized spacial score (nSPS) is 10.8. The third kappa shape index (κ3) is 3.66. The van der Waals surface area contributed by atoms with Crippen molar-refractivity contribution in [3.8, 4) is 11.5 Å². The maximum absolute atomic E-state index is 13.8. The van der Waals surface area contributed by atoms with Gasteiger partial charge in [-0.1, -0.05) is 12.1 Å². The first kappa shape index (κ1) is 14.7. The van der Waals surface area contributed by atoms with Gasteiger partial charge in [0, 0.05) is 6.08 Å². The zero-order valence-corrected chi connectivity index (χ0v) is 11.1. The zero-order chi connectivity index (χ0) is 15.4. The van der Waals surface area contributed by atoms with Crippen LogP contribution in [0.15, 0.2) is 42.5 Å². The number of carboxylic acids is 1. The lowest BCUT2D eigenvalue weighted by Gasteiger charge is -2.10. The Hall–Kier alpha value is -2.69. The predicted octanol–water partition coefficient (Wildman–Crippen LogP) is 4.16. The van der Waals surface area contributed by atoms with Crippen LogP contribution in [0.4, 0.5) is 8.78 Å². The SMILES string of the molecule is Cc1ccc(F)c(Oc2cccc(F)c2/C=C/C(=O)O)c1. The summed E-state index contributed by atoms with van der Waals surface area (Å²) in [6, 6.07) is 8.31. The first-order valence-electron chi connectivity index (χ1n) is 6.11. The van der Waals surface area contributed by atoms with Gasteiger partial charge in [-0.2, -0.15) is 0 Å². The van der Waals surface area contributed by atoms with Gasteiger partial charge in [0.05, 0.1) is 5.56 Å². The van der Waals surface area contributed by atoms with Crippen molar-refractivity contribution >= 4 is 12.0 Å². The van der Waals surface area contributed by atoms with Gasteiger partial charge in [0.1, 0.15) is 11.6 Å². The molecule has 2 rings (SSSR count). The summed E-state index contributed by atoms with van der Waals surface area (Å²) >= 11 is 0. The van der Waals surface area contributed by atoms with Crippen molar-refractivity contribution in [3.63, 3.8) is 0 Å². The Kier molecular flexibility index (Phi) is 4.33. The van der Waals surface area contributed by atoms with E-state index in [4.69, 9.17) is 9.84 Å². The van der Waals surface area contributed by atoms with E-state index in [-0.39, 0.29) is 17.1 Å². The van der Waals surface area contributed by atoms with Crippen LogP contribution >= 0.6 is 0 Å². The van der Waals surface area contributed by atoms with Crippen LogP contribution in [0.25, 0.3) is 6.08 Å². The summed E-state index contributed by atoms with van der Waals surface area (Å²) in [7, 11) is 0. The van der Waals surface area contributed by atoms with Crippen LogP contribution in [0.3, 0.4) is 0 Å². The molecule has 0 spiro atoms. The Balaban J connectivity index is 2.42. The summed E-state index contributed by atoms with van der Waals surface area (Å²) in [5.41, 5.74) is 0.728. The molecule has 0 unspecified atom stereocenters. The highest BCUT2D eigenvalue weighted by Crippen LogP contribution is 2.30. The fourth-order valence-corrected chi connectivity index (χ4v) is 1.73. The number of hydrogen-bond donors (Lipinski definition) is 1. The first-order chi connectivity index (χ1) is 9.97.